The number of hydrogen-bond donors (Lipinski definition) is 0. The molecule has 0 saturated heterocycles. The van der Waals surface area contributed by atoms with Crippen LogP contribution in [0.15, 0.2) is 49.6 Å². The van der Waals surface area contributed by atoms with Gasteiger partial charge in [0.2, 0.25) is 5.82 Å². The molecule has 2 fully saturated rings. The van der Waals surface area contributed by atoms with Gasteiger partial charge in [-0.2, -0.15) is 13.2 Å². The third kappa shape index (κ3) is 5.55. The van der Waals surface area contributed by atoms with E-state index in [-0.39, 0.29) is 17.4 Å². The Balaban J connectivity index is 1.64. The lowest BCUT2D eigenvalue weighted by molar-refractivity contribution is -0.133. The van der Waals surface area contributed by atoms with Crippen LogP contribution < -0.4 is 4.74 Å². The fourth-order valence-corrected chi connectivity index (χ4v) is 4.61. The number of rotatable bonds is 7. The molecule has 0 atom stereocenters. The van der Waals surface area contributed by atoms with Crippen molar-refractivity contribution in [1.29, 1.82) is 0 Å². The number of allylic oxidation sites excluding steroid dienone is 3. The average Bonchev–Trinajstić information content (AvgIpc) is 2.76. The van der Waals surface area contributed by atoms with Crippen molar-refractivity contribution in [1.82, 2.24) is 0 Å². The van der Waals surface area contributed by atoms with Crippen molar-refractivity contribution in [3.63, 3.8) is 0 Å². The Morgan fingerprint density at radius 2 is 1.33 bits per heavy atom. The van der Waals surface area contributed by atoms with Crippen LogP contribution >= 0.6 is 0 Å². The summed E-state index contributed by atoms with van der Waals surface area (Å²) in [7, 11) is 0. The molecular weight excluding hydrogens is 392 g/mol. The maximum absolute atomic E-state index is 14.6. The monoisotopic (exact) mass is 422 g/mol. The molecule has 0 bridgehead atoms. The van der Waals surface area contributed by atoms with Crippen LogP contribution in [0.5, 0.6) is 5.75 Å². The van der Waals surface area contributed by atoms with Crippen molar-refractivity contribution in [2.24, 2.45) is 17.8 Å². The predicted octanol–water partition coefficient (Wildman–Crippen LogP) is 7.94. The van der Waals surface area contributed by atoms with Gasteiger partial charge in [0, 0.05) is 6.08 Å². The van der Waals surface area contributed by atoms with E-state index in [0.717, 1.165) is 57.4 Å². The molecule has 5 heteroatoms. The Kier molecular flexibility index (Phi) is 7.43. The lowest BCUT2D eigenvalue weighted by Crippen LogP contribution is -2.23. The zero-order chi connectivity index (χ0) is 21.7. The quantitative estimate of drug-likeness (QED) is 0.320. The molecule has 1 aromatic carbocycles. The number of alkyl halides is 2. The summed E-state index contributed by atoms with van der Waals surface area (Å²) < 4.78 is 62.1. The summed E-state index contributed by atoms with van der Waals surface area (Å²) in [6, 6.07) is 2.49. The summed E-state index contributed by atoms with van der Waals surface area (Å²) >= 11 is 0. The minimum absolute atomic E-state index is 0.0327. The highest BCUT2D eigenvalue weighted by atomic mass is 19.3. The fourth-order valence-electron chi connectivity index (χ4n) is 4.61. The maximum Gasteiger partial charge on any atom is 0.419 e. The average molecular weight is 423 g/mol. The van der Waals surface area contributed by atoms with Gasteiger partial charge in [0.1, 0.15) is 0 Å². The van der Waals surface area contributed by atoms with E-state index in [1.807, 2.05) is 12.2 Å². The normalized spacial score (nSPS) is 27.7. The lowest BCUT2D eigenvalue weighted by atomic mass is 9.78. The summed E-state index contributed by atoms with van der Waals surface area (Å²) in [5.41, 5.74) is 0.236. The Labute approximate surface area is 176 Å². The first-order chi connectivity index (χ1) is 14.3. The summed E-state index contributed by atoms with van der Waals surface area (Å²) in [6.07, 6.45) is 8.80. The maximum atomic E-state index is 14.6. The molecular formula is C25H30F4O. The van der Waals surface area contributed by atoms with Gasteiger partial charge in [0.05, 0.1) is 0 Å². The summed E-state index contributed by atoms with van der Waals surface area (Å²) in [5, 5.41) is 0. The van der Waals surface area contributed by atoms with Crippen molar-refractivity contribution in [3.05, 3.63) is 66.8 Å². The molecule has 0 amide bonds. The van der Waals surface area contributed by atoms with Crippen LogP contribution in [0.3, 0.4) is 0 Å². The standard InChI is InChI=1S/C25H30F4O/c1-3-17-5-7-19(8-6-17)15-16-25(28,29)30-22-14-13-21(23(26)24(22)27)20-11-9-18(4-2)10-12-20/h3-4,13-20H,1-2,5-12H2. The van der Waals surface area contributed by atoms with Gasteiger partial charge in [-0.3, -0.25) is 0 Å². The van der Waals surface area contributed by atoms with Crippen molar-refractivity contribution in [2.75, 3.05) is 0 Å². The number of halogens is 4. The zero-order valence-electron chi connectivity index (χ0n) is 17.3. The fraction of sp³-hybridized carbons (Fsp3) is 0.520. The molecule has 0 unspecified atom stereocenters. The van der Waals surface area contributed by atoms with Gasteiger partial charge in [-0.1, -0.05) is 24.3 Å². The van der Waals surface area contributed by atoms with E-state index in [1.54, 1.807) is 0 Å². The van der Waals surface area contributed by atoms with E-state index < -0.39 is 23.5 Å². The first-order valence-electron chi connectivity index (χ1n) is 10.8. The van der Waals surface area contributed by atoms with Crippen molar-refractivity contribution in [3.8, 4) is 5.75 Å². The SMILES string of the molecule is C=CC1CCC(C=CC(F)(F)Oc2ccc(C3CCC(C=C)CC3)c(F)c2F)CC1. The highest BCUT2D eigenvalue weighted by Crippen LogP contribution is 2.39. The second-order valence-corrected chi connectivity index (χ2v) is 8.56. The van der Waals surface area contributed by atoms with Crippen LogP contribution in [-0.2, 0) is 0 Å². The van der Waals surface area contributed by atoms with Gasteiger partial charge in [0.25, 0.3) is 0 Å². The summed E-state index contributed by atoms with van der Waals surface area (Å²) in [4.78, 5) is 0. The van der Waals surface area contributed by atoms with E-state index in [2.05, 4.69) is 17.9 Å². The number of benzene rings is 1. The molecule has 0 aliphatic heterocycles. The third-order valence-corrected chi connectivity index (χ3v) is 6.58. The van der Waals surface area contributed by atoms with E-state index in [9.17, 15) is 17.6 Å². The highest BCUT2D eigenvalue weighted by molar-refractivity contribution is 5.34. The van der Waals surface area contributed by atoms with Crippen molar-refractivity contribution in [2.45, 2.75) is 63.4 Å². The smallest absolute Gasteiger partial charge is 0.419 e. The van der Waals surface area contributed by atoms with Crippen molar-refractivity contribution >= 4 is 0 Å². The van der Waals surface area contributed by atoms with Gasteiger partial charge < -0.3 is 4.74 Å². The zero-order valence-corrected chi connectivity index (χ0v) is 17.3. The molecule has 0 radical (unpaired) electrons. The molecule has 2 saturated carbocycles. The Morgan fingerprint density at radius 1 is 0.800 bits per heavy atom. The van der Waals surface area contributed by atoms with E-state index in [4.69, 9.17) is 0 Å². The molecule has 2 aliphatic rings. The number of ether oxygens (including phenoxy) is 1. The van der Waals surface area contributed by atoms with Crippen LogP contribution in [0.2, 0.25) is 0 Å². The minimum Gasteiger partial charge on any atom is -0.426 e. The van der Waals surface area contributed by atoms with Gasteiger partial charge in [0.15, 0.2) is 11.6 Å². The van der Waals surface area contributed by atoms with Gasteiger partial charge in [-0.15, -0.1) is 13.2 Å². The van der Waals surface area contributed by atoms with Crippen LogP contribution in [0.25, 0.3) is 0 Å². The summed E-state index contributed by atoms with van der Waals surface area (Å²) in [5.74, 6) is -2.44. The molecule has 164 valence electrons. The summed E-state index contributed by atoms with van der Waals surface area (Å²) in [6.45, 7) is 7.55. The van der Waals surface area contributed by atoms with Gasteiger partial charge in [-0.05, 0) is 86.7 Å². The van der Waals surface area contributed by atoms with Crippen LogP contribution in [0.4, 0.5) is 17.6 Å². The second-order valence-electron chi connectivity index (χ2n) is 8.56. The third-order valence-electron chi connectivity index (χ3n) is 6.58. The van der Waals surface area contributed by atoms with E-state index in [0.29, 0.717) is 17.9 Å². The molecule has 30 heavy (non-hydrogen) atoms. The molecule has 0 aromatic heterocycles. The molecule has 1 aromatic rings. The number of hydrogen-bond acceptors (Lipinski definition) is 1. The van der Waals surface area contributed by atoms with Gasteiger partial charge in [-0.25, -0.2) is 4.39 Å². The Morgan fingerprint density at radius 3 is 1.90 bits per heavy atom. The molecule has 3 rings (SSSR count). The Bertz CT molecular complexity index is 770. The van der Waals surface area contributed by atoms with Crippen LogP contribution in [0.1, 0.15) is 62.8 Å². The molecule has 1 nitrogen and oxygen atoms in total. The Hall–Kier alpha value is -2.04. The molecule has 0 spiro atoms. The molecule has 2 aliphatic carbocycles. The van der Waals surface area contributed by atoms with E-state index in [1.165, 1.54) is 12.1 Å². The minimum atomic E-state index is -3.70. The first-order valence-corrected chi connectivity index (χ1v) is 10.8. The highest BCUT2D eigenvalue weighted by Gasteiger charge is 2.32. The molecule has 0 heterocycles. The van der Waals surface area contributed by atoms with Crippen LogP contribution in [0, 0.1) is 29.4 Å². The second kappa shape index (κ2) is 9.84. The topological polar surface area (TPSA) is 9.23 Å². The van der Waals surface area contributed by atoms with Crippen molar-refractivity contribution < 1.29 is 22.3 Å². The largest absolute Gasteiger partial charge is 0.426 e. The first kappa shape index (κ1) is 22.6. The molecule has 0 N–H and O–H groups in total. The predicted molar refractivity (Wildman–Crippen MR) is 112 cm³/mol. The van der Waals surface area contributed by atoms with Gasteiger partial charge >= 0.3 is 6.11 Å². The van der Waals surface area contributed by atoms with Crippen LogP contribution in [-0.4, -0.2) is 6.11 Å². The lowest BCUT2D eigenvalue weighted by Gasteiger charge is -2.27. The van der Waals surface area contributed by atoms with E-state index >= 15 is 0 Å².